The summed E-state index contributed by atoms with van der Waals surface area (Å²) in [7, 11) is 0. The molecule has 73 valence electrons. The van der Waals surface area contributed by atoms with Crippen LogP contribution in [0.2, 0.25) is 0 Å². The van der Waals surface area contributed by atoms with Crippen molar-refractivity contribution in [2.24, 2.45) is 0 Å². The summed E-state index contributed by atoms with van der Waals surface area (Å²) in [6.07, 6.45) is 1.35. The zero-order chi connectivity index (χ0) is 9.97. The Morgan fingerprint density at radius 2 is 1.93 bits per heavy atom. The summed E-state index contributed by atoms with van der Waals surface area (Å²) in [4.78, 5) is 0. The Morgan fingerprint density at radius 1 is 1.20 bits per heavy atom. The molecule has 0 heterocycles. The molecule has 0 fully saturated rings. The van der Waals surface area contributed by atoms with Gasteiger partial charge in [-0.1, -0.05) is 30.8 Å². The maximum atomic E-state index is 9.42. The van der Waals surface area contributed by atoms with Crippen molar-refractivity contribution in [1.82, 2.24) is 0 Å². The summed E-state index contributed by atoms with van der Waals surface area (Å²) >= 11 is 0. The summed E-state index contributed by atoms with van der Waals surface area (Å²) in [6.45, 7) is 3.49. The van der Waals surface area contributed by atoms with Crippen LogP contribution in [0.3, 0.4) is 0 Å². The van der Waals surface area contributed by atoms with E-state index in [1.54, 1.807) is 12.1 Å². The molecule has 0 saturated carbocycles. The second kappa shape index (κ2) is 5.29. The van der Waals surface area contributed by atoms with Crippen molar-refractivity contribution in [2.75, 3.05) is 0 Å². The minimum atomic E-state index is 0. The molecule has 0 aliphatic heterocycles. The molecule has 0 aliphatic carbocycles. The van der Waals surface area contributed by atoms with E-state index in [0.29, 0.717) is 5.75 Å². The molecule has 2 nitrogen and oxygen atoms in total. The molecule has 0 aliphatic rings. The minimum Gasteiger partial charge on any atom is -0.508 e. The molecular weight excluding hydrogens is 265 g/mol. The van der Waals surface area contributed by atoms with Gasteiger partial charge >= 0.3 is 0 Å². The summed E-state index contributed by atoms with van der Waals surface area (Å²) < 4.78 is 5.20. The Labute approximate surface area is 113 Å². The first-order chi connectivity index (χ1) is 6.81. The summed E-state index contributed by atoms with van der Waals surface area (Å²) in [5, 5.41) is 11.3. The standard InChI is InChI=1S/C12H10O2.Y/c1-2-14-12-8-10(13)7-9-5-3-4-6-11(9)12;/h2-8,13H,1H2;. The third-order valence-electron chi connectivity index (χ3n) is 2.02. The Bertz CT molecular complexity index is 480. The predicted molar refractivity (Wildman–Crippen MR) is 56.4 cm³/mol. The maximum absolute atomic E-state index is 9.42. The van der Waals surface area contributed by atoms with E-state index in [1.807, 2.05) is 24.3 Å². The number of hydrogen-bond donors (Lipinski definition) is 1. The largest absolute Gasteiger partial charge is 0.508 e. The molecule has 0 spiro atoms. The van der Waals surface area contributed by atoms with E-state index in [2.05, 4.69) is 6.58 Å². The average molecular weight is 275 g/mol. The van der Waals surface area contributed by atoms with Crippen LogP contribution >= 0.6 is 0 Å². The Morgan fingerprint density at radius 3 is 2.67 bits per heavy atom. The van der Waals surface area contributed by atoms with Crippen molar-refractivity contribution in [2.45, 2.75) is 0 Å². The average Bonchev–Trinajstić information content (AvgIpc) is 2.18. The van der Waals surface area contributed by atoms with Crippen molar-refractivity contribution in [3.05, 3.63) is 49.2 Å². The van der Waals surface area contributed by atoms with E-state index in [-0.39, 0.29) is 38.5 Å². The fourth-order valence-electron chi connectivity index (χ4n) is 1.45. The van der Waals surface area contributed by atoms with Gasteiger partial charge in [0, 0.05) is 44.2 Å². The van der Waals surface area contributed by atoms with Gasteiger partial charge in [0.15, 0.2) is 0 Å². The van der Waals surface area contributed by atoms with Crippen LogP contribution in [-0.2, 0) is 32.7 Å². The molecule has 3 heteroatoms. The molecular formula is C12H10O2Y. The Kier molecular flexibility index (Phi) is 4.31. The molecule has 1 radical (unpaired) electrons. The number of hydrogen-bond acceptors (Lipinski definition) is 2. The molecule has 0 bridgehead atoms. The topological polar surface area (TPSA) is 29.5 Å². The molecule has 2 aromatic carbocycles. The zero-order valence-corrected chi connectivity index (χ0v) is 11.0. The third-order valence-corrected chi connectivity index (χ3v) is 2.02. The predicted octanol–water partition coefficient (Wildman–Crippen LogP) is 3.07. The van der Waals surface area contributed by atoms with Crippen molar-refractivity contribution >= 4 is 10.8 Å². The van der Waals surface area contributed by atoms with Gasteiger partial charge in [0.2, 0.25) is 0 Å². The van der Waals surface area contributed by atoms with E-state index in [9.17, 15) is 5.11 Å². The first-order valence-electron chi connectivity index (χ1n) is 4.30. The third kappa shape index (κ3) is 2.58. The molecule has 0 unspecified atom stereocenters. The van der Waals surface area contributed by atoms with E-state index in [4.69, 9.17) is 4.74 Å². The second-order valence-electron chi connectivity index (χ2n) is 2.95. The number of rotatable bonds is 2. The summed E-state index contributed by atoms with van der Waals surface area (Å²) in [5.41, 5.74) is 0. The number of phenols is 1. The quantitative estimate of drug-likeness (QED) is 0.853. The Balaban J connectivity index is 0.00000112. The molecule has 0 saturated heterocycles. The summed E-state index contributed by atoms with van der Waals surface area (Å²) in [6, 6.07) is 11.0. The van der Waals surface area contributed by atoms with Crippen molar-refractivity contribution in [3.8, 4) is 11.5 Å². The van der Waals surface area contributed by atoms with Crippen LogP contribution in [0.1, 0.15) is 0 Å². The fourth-order valence-corrected chi connectivity index (χ4v) is 1.45. The number of aromatic hydroxyl groups is 1. The smallest absolute Gasteiger partial charge is 0.137 e. The number of benzene rings is 2. The van der Waals surface area contributed by atoms with Crippen LogP contribution in [0.25, 0.3) is 10.8 Å². The van der Waals surface area contributed by atoms with E-state index < -0.39 is 0 Å². The summed E-state index contributed by atoms with van der Waals surface area (Å²) in [5.74, 6) is 0.816. The van der Waals surface area contributed by atoms with Crippen LogP contribution in [-0.4, -0.2) is 5.11 Å². The monoisotopic (exact) mass is 275 g/mol. The number of ether oxygens (including phenoxy) is 1. The van der Waals surface area contributed by atoms with Crippen LogP contribution in [0.15, 0.2) is 49.2 Å². The minimum absolute atomic E-state index is 0. The zero-order valence-electron chi connectivity index (χ0n) is 8.18. The van der Waals surface area contributed by atoms with Crippen LogP contribution < -0.4 is 4.74 Å². The SMILES string of the molecule is C=COc1cc(O)cc2ccccc12.[Y]. The van der Waals surface area contributed by atoms with Crippen LogP contribution in [0, 0.1) is 0 Å². The van der Waals surface area contributed by atoms with Gasteiger partial charge in [-0.3, -0.25) is 0 Å². The maximum Gasteiger partial charge on any atom is 0.137 e. The first kappa shape index (κ1) is 12.2. The molecule has 0 aromatic heterocycles. The van der Waals surface area contributed by atoms with E-state index in [0.717, 1.165) is 10.8 Å². The fraction of sp³-hybridized carbons (Fsp3) is 0. The molecule has 0 atom stereocenters. The van der Waals surface area contributed by atoms with Crippen LogP contribution in [0.4, 0.5) is 0 Å². The van der Waals surface area contributed by atoms with Gasteiger partial charge in [0.1, 0.15) is 11.5 Å². The molecule has 0 amide bonds. The van der Waals surface area contributed by atoms with Gasteiger partial charge in [0.25, 0.3) is 0 Å². The molecule has 15 heavy (non-hydrogen) atoms. The van der Waals surface area contributed by atoms with Gasteiger partial charge in [-0.15, -0.1) is 0 Å². The van der Waals surface area contributed by atoms with Gasteiger partial charge in [-0.05, 0) is 11.5 Å². The molecule has 1 N–H and O–H groups in total. The van der Waals surface area contributed by atoms with Gasteiger partial charge in [-0.25, -0.2) is 0 Å². The van der Waals surface area contributed by atoms with Crippen LogP contribution in [0.5, 0.6) is 11.5 Å². The second-order valence-corrected chi connectivity index (χ2v) is 2.95. The van der Waals surface area contributed by atoms with E-state index in [1.165, 1.54) is 6.26 Å². The van der Waals surface area contributed by atoms with Crippen molar-refractivity contribution in [1.29, 1.82) is 0 Å². The number of fused-ring (bicyclic) bond motifs is 1. The molecule has 2 rings (SSSR count). The van der Waals surface area contributed by atoms with Gasteiger partial charge in [0.05, 0.1) is 6.26 Å². The Hall–Kier alpha value is -0.856. The van der Waals surface area contributed by atoms with Crippen molar-refractivity contribution < 1.29 is 42.6 Å². The normalized spacial score (nSPS) is 9.33. The molecule has 2 aromatic rings. The van der Waals surface area contributed by atoms with Crippen molar-refractivity contribution in [3.63, 3.8) is 0 Å². The van der Waals surface area contributed by atoms with Gasteiger partial charge < -0.3 is 9.84 Å². The number of phenolic OH excluding ortho intramolecular Hbond substituents is 1. The van der Waals surface area contributed by atoms with Gasteiger partial charge in [-0.2, -0.15) is 0 Å². The first-order valence-corrected chi connectivity index (χ1v) is 4.30. The van der Waals surface area contributed by atoms with E-state index >= 15 is 0 Å².